The second-order valence-electron chi connectivity index (χ2n) is 3.07. The molecule has 0 bridgehead atoms. The van der Waals surface area contributed by atoms with Gasteiger partial charge in [-0.1, -0.05) is 11.8 Å². The van der Waals surface area contributed by atoms with Crippen molar-refractivity contribution in [2.75, 3.05) is 26.0 Å². The molecular formula is C11H13N3O2. The summed E-state index contributed by atoms with van der Waals surface area (Å²) in [6.45, 7) is 0.557. The van der Waals surface area contributed by atoms with Crippen LogP contribution in [-0.2, 0) is 0 Å². The maximum absolute atomic E-state index is 10.8. The van der Waals surface area contributed by atoms with E-state index in [4.69, 9.17) is 0 Å². The smallest absolute Gasteiger partial charge is 0.293 e. The van der Waals surface area contributed by atoms with Crippen LogP contribution in [-0.4, -0.2) is 25.6 Å². The predicted octanol–water partition coefficient (Wildman–Crippen LogP) is 1.21. The maximum Gasteiger partial charge on any atom is 0.293 e. The molecule has 0 aliphatic carbocycles. The van der Waals surface area contributed by atoms with Crippen molar-refractivity contribution in [3.05, 3.63) is 33.9 Å². The summed E-state index contributed by atoms with van der Waals surface area (Å²) in [5, 5.41) is 16.4. The molecular weight excluding hydrogens is 206 g/mol. The van der Waals surface area contributed by atoms with E-state index in [0.29, 0.717) is 17.8 Å². The van der Waals surface area contributed by atoms with Crippen LogP contribution < -0.4 is 10.6 Å². The van der Waals surface area contributed by atoms with Crippen molar-refractivity contribution in [2.45, 2.75) is 0 Å². The van der Waals surface area contributed by atoms with Crippen LogP contribution in [0, 0.1) is 22.0 Å². The average Bonchev–Trinajstić information content (AvgIpc) is 2.29. The second-order valence-corrected chi connectivity index (χ2v) is 3.07. The molecule has 16 heavy (non-hydrogen) atoms. The fourth-order valence-electron chi connectivity index (χ4n) is 1.21. The monoisotopic (exact) mass is 219 g/mol. The number of nitro groups is 1. The summed E-state index contributed by atoms with van der Waals surface area (Å²) in [5.74, 6) is 5.70. The summed E-state index contributed by atoms with van der Waals surface area (Å²) in [6, 6.07) is 4.87. The highest BCUT2D eigenvalue weighted by atomic mass is 16.6. The minimum atomic E-state index is -0.422. The van der Waals surface area contributed by atoms with E-state index < -0.39 is 4.92 Å². The van der Waals surface area contributed by atoms with Gasteiger partial charge in [0.05, 0.1) is 11.5 Å². The lowest BCUT2D eigenvalue weighted by Crippen LogP contribution is -2.04. The fourth-order valence-corrected chi connectivity index (χ4v) is 1.21. The maximum atomic E-state index is 10.8. The van der Waals surface area contributed by atoms with Gasteiger partial charge >= 0.3 is 0 Å². The Morgan fingerprint density at radius 2 is 2.19 bits per heavy atom. The van der Waals surface area contributed by atoms with Gasteiger partial charge in [-0.3, -0.25) is 10.1 Å². The average molecular weight is 219 g/mol. The first kappa shape index (κ1) is 12.0. The quantitative estimate of drug-likeness (QED) is 0.455. The molecule has 1 aromatic carbocycles. The lowest BCUT2D eigenvalue weighted by Gasteiger charge is -2.01. The first-order valence-corrected chi connectivity index (χ1v) is 4.78. The normalized spacial score (nSPS) is 9.12. The molecule has 1 aromatic rings. The van der Waals surface area contributed by atoms with Gasteiger partial charge in [0.25, 0.3) is 5.69 Å². The minimum absolute atomic E-state index is 0.0405. The fraction of sp³-hybridized carbons (Fsp3) is 0.273. The lowest BCUT2D eigenvalue weighted by molar-refractivity contribution is -0.384. The number of nitrogens with one attached hydrogen (secondary N) is 2. The number of hydrogen-bond donors (Lipinski definition) is 2. The molecule has 0 spiro atoms. The van der Waals surface area contributed by atoms with Crippen molar-refractivity contribution in [1.29, 1.82) is 0 Å². The molecule has 0 amide bonds. The van der Waals surface area contributed by atoms with Gasteiger partial charge < -0.3 is 10.6 Å². The Balaban J connectivity index is 3.04. The van der Waals surface area contributed by atoms with Crippen molar-refractivity contribution in [1.82, 2.24) is 5.32 Å². The largest absolute Gasteiger partial charge is 0.383 e. The van der Waals surface area contributed by atoms with Gasteiger partial charge in [-0.25, -0.2) is 0 Å². The van der Waals surface area contributed by atoms with E-state index in [0.717, 1.165) is 0 Å². The number of benzene rings is 1. The molecule has 0 saturated carbocycles. The highest BCUT2D eigenvalue weighted by molar-refractivity contribution is 5.64. The Kier molecular flexibility index (Phi) is 4.30. The highest BCUT2D eigenvalue weighted by Gasteiger charge is 2.12. The first-order chi connectivity index (χ1) is 7.69. The van der Waals surface area contributed by atoms with Crippen LogP contribution in [0.3, 0.4) is 0 Å². The zero-order chi connectivity index (χ0) is 12.0. The van der Waals surface area contributed by atoms with E-state index in [1.807, 2.05) is 0 Å². The van der Waals surface area contributed by atoms with Gasteiger partial charge in [-0.05, 0) is 19.2 Å². The van der Waals surface area contributed by atoms with Gasteiger partial charge in [0.15, 0.2) is 0 Å². The third kappa shape index (κ3) is 2.97. The van der Waals surface area contributed by atoms with E-state index in [-0.39, 0.29) is 5.69 Å². The molecule has 0 atom stereocenters. The van der Waals surface area contributed by atoms with Gasteiger partial charge in [-0.15, -0.1) is 0 Å². The Morgan fingerprint density at radius 1 is 1.44 bits per heavy atom. The van der Waals surface area contributed by atoms with Crippen LogP contribution in [0.5, 0.6) is 0 Å². The van der Waals surface area contributed by atoms with Crippen LogP contribution >= 0.6 is 0 Å². The molecule has 5 heteroatoms. The molecule has 1 rings (SSSR count). The number of anilines is 1. The van der Waals surface area contributed by atoms with Gasteiger partial charge in [0.1, 0.15) is 5.69 Å². The summed E-state index contributed by atoms with van der Waals surface area (Å²) < 4.78 is 0. The molecule has 0 fully saturated rings. The zero-order valence-electron chi connectivity index (χ0n) is 9.20. The number of nitro benzene ring substituents is 1. The van der Waals surface area contributed by atoms with Gasteiger partial charge in [-0.2, -0.15) is 0 Å². The molecule has 0 aromatic heterocycles. The predicted molar refractivity (Wildman–Crippen MR) is 63.4 cm³/mol. The standard InChI is InChI=1S/C11H13N3O2/c1-12-7-3-4-9-5-6-10(13-2)11(8-9)14(15)16/h5-6,8,12-13H,7H2,1-2H3. The van der Waals surface area contributed by atoms with Crippen molar-refractivity contribution in [2.24, 2.45) is 0 Å². The first-order valence-electron chi connectivity index (χ1n) is 4.78. The van der Waals surface area contributed by atoms with E-state index in [1.165, 1.54) is 6.07 Å². The molecule has 2 N–H and O–H groups in total. The van der Waals surface area contributed by atoms with E-state index in [1.54, 1.807) is 26.2 Å². The summed E-state index contributed by atoms with van der Waals surface area (Å²) in [5.41, 5.74) is 1.17. The Hall–Kier alpha value is -2.06. The third-order valence-electron chi connectivity index (χ3n) is 1.96. The second kappa shape index (κ2) is 5.73. The molecule has 0 aliphatic rings. The Labute approximate surface area is 94.0 Å². The van der Waals surface area contributed by atoms with Crippen LogP contribution in [0.25, 0.3) is 0 Å². The van der Waals surface area contributed by atoms with Crippen molar-refractivity contribution in [3.8, 4) is 11.8 Å². The van der Waals surface area contributed by atoms with Crippen molar-refractivity contribution in [3.63, 3.8) is 0 Å². The molecule has 0 unspecified atom stereocenters. The third-order valence-corrected chi connectivity index (χ3v) is 1.96. The summed E-state index contributed by atoms with van der Waals surface area (Å²) in [7, 11) is 3.44. The molecule has 0 saturated heterocycles. The van der Waals surface area contributed by atoms with Crippen molar-refractivity contribution < 1.29 is 4.92 Å². The Morgan fingerprint density at radius 3 is 2.75 bits per heavy atom. The minimum Gasteiger partial charge on any atom is -0.383 e. The Bertz CT molecular complexity index is 446. The molecule has 84 valence electrons. The highest BCUT2D eigenvalue weighted by Crippen LogP contribution is 2.24. The van der Waals surface area contributed by atoms with Crippen LogP contribution in [0.4, 0.5) is 11.4 Å². The topological polar surface area (TPSA) is 67.2 Å². The van der Waals surface area contributed by atoms with Gasteiger partial charge in [0.2, 0.25) is 0 Å². The van der Waals surface area contributed by atoms with Crippen molar-refractivity contribution >= 4 is 11.4 Å². The van der Waals surface area contributed by atoms with Crippen LogP contribution in [0.2, 0.25) is 0 Å². The SMILES string of the molecule is CNCC#Cc1ccc(NC)c([N+](=O)[O-])c1. The number of nitrogens with zero attached hydrogens (tertiary/aromatic N) is 1. The summed E-state index contributed by atoms with van der Waals surface area (Å²) in [4.78, 5) is 10.3. The zero-order valence-corrected chi connectivity index (χ0v) is 9.20. The molecule has 0 heterocycles. The molecule has 5 nitrogen and oxygen atoms in total. The van der Waals surface area contributed by atoms with E-state index >= 15 is 0 Å². The van der Waals surface area contributed by atoms with Gasteiger partial charge in [0, 0.05) is 18.7 Å². The van der Waals surface area contributed by atoms with E-state index in [9.17, 15) is 10.1 Å². The van der Waals surface area contributed by atoms with E-state index in [2.05, 4.69) is 22.5 Å². The van der Waals surface area contributed by atoms with Crippen LogP contribution in [0.15, 0.2) is 18.2 Å². The summed E-state index contributed by atoms with van der Waals surface area (Å²) >= 11 is 0. The van der Waals surface area contributed by atoms with Crippen LogP contribution in [0.1, 0.15) is 5.56 Å². The molecule has 0 radical (unpaired) electrons. The molecule has 0 aliphatic heterocycles. The summed E-state index contributed by atoms with van der Waals surface area (Å²) in [6.07, 6.45) is 0. The number of hydrogen-bond acceptors (Lipinski definition) is 4. The number of rotatable bonds is 3. The lowest BCUT2D eigenvalue weighted by atomic mass is 10.2.